The molecular weight excluding hydrogens is 378 g/mol. The zero-order chi connectivity index (χ0) is 17.8. The van der Waals surface area contributed by atoms with Gasteiger partial charge >= 0.3 is 0 Å². The molecule has 2 aromatic rings. The van der Waals surface area contributed by atoms with Crippen LogP contribution in [0.4, 0.5) is 5.00 Å². The Labute approximate surface area is 159 Å². The van der Waals surface area contributed by atoms with E-state index in [1.54, 1.807) is 28.5 Å². The van der Waals surface area contributed by atoms with Crippen molar-refractivity contribution in [2.24, 2.45) is 5.10 Å². The predicted molar refractivity (Wildman–Crippen MR) is 105 cm³/mol. The van der Waals surface area contributed by atoms with Crippen LogP contribution in [0.1, 0.15) is 16.9 Å². The van der Waals surface area contributed by atoms with Crippen LogP contribution in [0.15, 0.2) is 40.3 Å². The van der Waals surface area contributed by atoms with Crippen LogP contribution in [-0.4, -0.2) is 29.7 Å². The number of anilines is 1. The van der Waals surface area contributed by atoms with Crippen LogP contribution in [0, 0.1) is 0 Å². The topological polar surface area (TPSA) is 64.9 Å². The average Bonchev–Trinajstić information content (AvgIpc) is 3.02. The van der Waals surface area contributed by atoms with Crippen molar-refractivity contribution in [1.82, 2.24) is 5.32 Å². The second kappa shape index (κ2) is 8.23. The van der Waals surface area contributed by atoms with Crippen LogP contribution in [0.5, 0.6) is 0 Å². The number of aliphatic hydroxyl groups is 1. The number of benzene rings is 1. The molecule has 3 rings (SSSR count). The van der Waals surface area contributed by atoms with Crippen molar-refractivity contribution < 1.29 is 9.90 Å². The van der Waals surface area contributed by atoms with Crippen molar-refractivity contribution >= 4 is 50.7 Å². The van der Waals surface area contributed by atoms with Gasteiger partial charge in [0.25, 0.3) is 5.91 Å². The summed E-state index contributed by atoms with van der Waals surface area (Å²) in [7, 11) is 1.84. The summed E-state index contributed by atoms with van der Waals surface area (Å²) in [4.78, 5) is 14.7. The summed E-state index contributed by atoms with van der Waals surface area (Å²) in [5.41, 5.74) is 0.982. The molecule has 0 radical (unpaired) electrons. The number of aliphatic hydroxyl groups excluding tert-OH is 1. The van der Waals surface area contributed by atoms with Gasteiger partial charge < -0.3 is 10.4 Å². The third kappa shape index (κ3) is 4.55. The number of hydrogen-bond acceptors (Lipinski definition) is 6. The van der Waals surface area contributed by atoms with E-state index in [9.17, 15) is 4.79 Å². The Morgan fingerprint density at radius 1 is 1.36 bits per heavy atom. The molecule has 1 amide bonds. The largest absolute Gasteiger partial charge is 0.396 e. The van der Waals surface area contributed by atoms with Gasteiger partial charge in [-0.05, 0) is 36.6 Å². The monoisotopic (exact) mass is 395 g/mol. The summed E-state index contributed by atoms with van der Waals surface area (Å²) >= 11 is 8.90. The van der Waals surface area contributed by atoms with Crippen LogP contribution in [0.3, 0.4) is 0 Å². The first-order valence-corrected chi connectivity index (χ1v) is 9.84. The fourth-order valence-electron chi connectivity index (χ4n) is 2.35. The lowest BCUT2D eigenvalue weighted by Gasteiger charge is -2.20. The molecule has 0 atom stereocenters. The fourth-order valence-corrected chi connectivity index (χ4v) is 4.76. The first kappa shape index (κ1) is 18.3. The van der Waals surface area contributed by atoms with Gasteiger partial charge in [0.2, 0.25) is 0 Å². The first-order chi connectivity index (χ1) is 12.1. The minimum absolute atomic E-state index is 0.181. The highest BCUT2D eigenvalue weighted by molar-refractivity contribution is 8.16. The number of fused-ring (bicyclic) bond motifs is 1. The van der Waals surface area contributed by atoms with E-state index in [4.69, 9.17) is 16.7 Å². The molecule has 5 nitrogen and oxygen atoms in total. The molecule has 0 bridgehead atoms. The molecule has 0 spiro atoms. The highest BCUT2D eigenvalue weighted by Gasteiger charge is 2.25. The van der Waals surface area contributed by atoms with E-state index in [1.807, 2.05) is 19.2 Å². The molecule has 0 saturated heterocycles. The molecule has 0 aliphatic carbocycles. The number of rotatable bonds is 6. The Morgan fingerprint density at radius 3 is 2.84 bits per heavy atom. The zero-order valence-corrected chi connectivity index (χ0v) is 16.0. The van der Waals surface area contributed by atoms with E-state index in [1.165, 1.54) is 16.6 Å². The number of nitrogens with one attached hydrogen (secondary N) is 1. The number of amides is 1. The van der Waals surface area contributed by atoms with Crippen molar-refractivity contribution in [1.29, 1.82) is 0 Å². The molecule has 25 heavy (non-hydrogen) atoms. The van der Waals surface area contributed by atoms with Gasteiger partial charge in [0, 0.05) is 30.1 Å². The molecule has 1 aliphatic heterocycles. The normalized spacial score (nSPS) is 13.4. The highest BCUT2D eigenvalue weighted by atomic mass is 35.5. The van der Waals surface area contributed by atoms with Crippen LogP contribution < -0.4 is 10.3 Å². The Kier molecular flexibility index (Phi) is 6.01. The second-order valence-corrected chi connectivity index (χ2v) is 8.13. The van der Waals surface area contributed by atoms with Crippen LogP contribution in [-0.2, 0) is 17.8 Å². The molecule has 132 valence electrons. The lowest BCUT2D eigenvalue weighted by atomic mass is 10.2. The summed E-state index contributed by atoms with van der Waals surface area (Å²) in [6, 6.07) is 9.45. The average molecular weight is 396 g/mol. The van der Waals surface area contributed by atoms with Crippen molar-refractivity contribution in [3.63, 3.8) is 0 Å². The SMILES string of the molecule is CN1N=C(C(=O)NCc2ccc(Cl)cc2)Sc2cc(CCCO)sc21. The lowest BCUT2D eigenvalue weighted by molar-refractivity contribution is -0.114. The number of halogens is 1. The third-order valence-electron chi connectivity index (χ3n) is 3.61. The maximum atomic E-state index is 12.4. The van der Waals surface area contributed by atoms with E-state index in [0.717, 1.165) is 28.3 Å². The Morgan fingerprint density at radius 2 is 2.12 bits per heavy atom. The molecule has 2 N–H and O–H groups in total. The smallest absolute Gasteiger partial charge is 0.278 e. The van der Waals surface area contributed by atoms with Gasteiger partial charge in [-0.15, -0.1) is 11.3 Å². The lowest BCUT2D eigenvalue weighted by Crippen LogP contribution is -2.31. The first-order valence-electron chi connectivity index (χ1n) is 7.83. The molecule has 0 saturated carbocycles. The molecule has 2 heterocycles. The van der Waals surface area contributed by atoms with E-state index in [-0.39, 0.29) is 12.5 Å². The molecule has 0 fully saturated rings. The fraction of sp³-hybridized carbons (Fsp3) is 0.294. The number of thioether (sulfide) groups is 1. The number of nitrogens with zero attached hydrogens (tertiary/aromatic N) is 2. The summed E-state index contributed by atoms with van der Waals surface area (Å²) in [6.45, 7) is 0.609. The van der Waals surface area contributed by atoms with E-state index in [0.29, 0.717) is 16.6 Å². The molecule has 1 aromatic heterocycles. The van der Waals surface area contributed by atoms with Gasteiger partial charge in [0.05, 0.1) is 4.90 Å². The summed E-state index contributed by atoms with van der Waals surface area (Å²) in [6.07, 6.45) is 1.57. The standard InChI is InChI=1S/C17H18ClN3O2S2/c1-21-17-14(9-13(24-17)3-2-8-22)25-16(20-21)15(23)19-10-11-4-6-12(18)7-5-11/h4-7,9,22H,2-3,8,10H2,1H3,(H,19,23). The zero-order valence-electron chi connectivity index (χ0n) is 13.7. The summed E-state index contributed by atoms with van der Waals surface area (Å²) < 4.78 is 0. The van der Waals surface area contributed by atoms with Gasteiger partial charge in [0.1, 0.15) is 5.00 Å². The van der Waals surface area contributed by atoms with Gasteiger partial charge in [-0.3, -0.25) is 9.80 Å². The van der Waals surface area contributed by atoms with Crippen molar-refractivity contribution in [3.8, 4) is 0 Å². The van der Waals surface area contributed by atoms with Gasteiger partial charge in [-0.1, -0.05) is 35.5 Å². The molecule has 1 aromatic carbocycles. The van der Waals surface area contributed by atoms with Crippen molar-refractivity contribution in [2.75, 3.05) is 18.7 Å². The third-order valence-corrected chi connectivity index (χ3v) is 6.25. The number of hydrogen-bond donors (Lipinski definition) is 2. The number of thiophene rings is 1. The Bertz CT molecular complexity index is 790. The van der Waals surface area contributed by atoms with Gasteiger partial charge in [-0.2, -0.15) is 5.10 Å². The summed E-state index contributed by atoms with van der Waals surface area (Å²) in [5, 5.41) is 20.1. The van der Waals surface area contributed by atoms with E-state index < -0.39 is 0 Å². The minimum atomic E-state index is -0.194. The number of carbonyl (C=O) groups is 1. The summed E-state index contributed by atoms with van der Waals surface area (Å²) in [5.74, 6) is -0.194. The van der Waals surface area contributed by atoms with Crippen molar-refractivity contribution in [2.45, 2.75) is 24.3 Å². The van der Waals surface area contributed by atoms with E-state index in [2.05, 4.69) is 16.5 Å². The van der Waals surface area contributed by atoms with Crippen LogP contribution in [0.2, 0.25) is 5.02 Å². The van der Waals surface area contributed by atoms with Crippen LogP contribution in [0.25, 0.3) is 0 Å². The second-order valence-electron chi connectivity index (χ2n) is 5.55. The van der Waals surface area contributed by atoms with Crippen LogP contribution >= 0.6 is 34.7 Å². The number of hydrazone groups is 1. The van der Waals surface area contributed by atoms with Crippen molar-refractivity contribution in [3.05, 3.63) is 45.8 Å². The molecule has 8 heteroatoms. The number of carbonyl (C=O) groups excluding carboxylic acids is 1. The maximum absolute atomic E-state index is 12.4. The van der Waals surface area contributed by atoms with E-state index >= 15 is 0 Å². The molecule has 1 aliphatic rings. The minimum Gasteiger partial charge on any atom is -0.396 e. The van der Waals surface area contributed by atoms with Gasteiger partial charge in [0.15, 0.2) is 5.04 Å². The predicted octanol–water partition coefficient (Wildman–Crippen LogP) is 3.50. The quantitative estimate of drug-likeness (QED) is 0.785. The maximum Gasteiger partial charge on any atom is 0.278 e. The number of aryl methyl sites for hydroxylation is 1. The highest BCUT2D eigenvalue weighted by Crippen LogP contribution is 2.42. The Hall–Kier alpha value is -1.54. The Balaban J connectivity index is 1.63. The molecular formula is C17H18ClN3O2S2. The van der Waals surface area contributed by atoms with Gasteiger partial charge in [-0.25, -0.2) is 0 Å². The molecule has 0 unspecified atom stereocenters.